The molecule has 4 fully saturated rings. The molecule has 1 heterocycles. The minimum Gasteiger partial charge on any atom is -0.310 e. The van der Waals surface area contributed by atoms with Crippen molar-refractivity contribution in [3.05, 3.63) is 0 Å². The zero-order chi connectivity index (χ0) is 10.2. The topological polar surface area (TPSA) is 12.0 Å². The van der Waals surface area contributed by atoms with E-state index in [1.54, 1.807) is 12.8 Å². The predicted molar refractivity (Wildman–Crippen MR) is 61.5 cm³/mol. The molecule has 7 unspecified atom stereocenters. The molecule has 4 aliphatic rings. The molecular weight excluding hydrogens is 182 g/mol. The molecule has 1 aliphatic heterocycles. The van der Waals surface area contributed by atoms with E-state index in [0.717, 1.165) is 41.2 Å². The Morgan fingerprint density at radius 1 is 1.33 bits per heavy atom. The van der Waals surface area contributed by atoms with Crippen molar-refractivity contribution < 1.29 is 0 Å². The number of nitrogens with one attached hydrogen (secondary N) is 1. The first-order valence-electron chi connectivity index (χ1n) is 7.02. The van der Waals surface area contributed by atoms with E-state index in [4.69, 9.17) is 0 Å². The first-order valence-corrected chi connectivity index (χ1v) is 7.02. The van der Waals surface area contributed by atoms with Crippen LogP contribution in [0.1, 0.15) is 46.0 Å². The Kier molecular flexibility index (Phi) is 1.57. The highest BCUT2D eigenvalue weighted by Crippen LogP contribution is 2.68. The highest BCUT2D eigenvalue weighted by molar-refractivity contribution is 5.28. The van der Waals surface area contributed by atoms with Gasteiger partial charge in [0.15, 0.2) is 0 Å². The number of rotatable bonds is 3. The lowest BCUT2D eigenvalue weighted by molar-refractivity contribution is 0.206. The molecule has 15 heavy (non-hydrogen) atoms. The second kappa shape index (κ2) is 2.61. The molecule has 3 saturated carbocycles. The summed E-state index contributed by atoms with van der Waals surface area (Å²) in [5.74, 6) is 4.26. The Morgan fingerprint density at radius 3 is 2.73 bits per heavy atom. The molecule has 84 valence electrons. The van der Waals surface area contributed by atoms with Crippen LogP contribution in [0.4, 0.5) is 0 Å². The van der Waals surface area contributed by atoms with Crippen LogP contribution in [0.3, 0.4) is 0 Å². The zero-order valence-corrected chi connectivity index (χ0v) is 10.00. The fourth-order valence-electron chi connectivity index (χ4n) is 5.14. The van der Waals surface area contributed by atoms with Crippen LogP contribution in [0.5, 0.6) is 0 Å². The molecule has 1 N–H and O–H groups in total. The summed E-state index contributed by atoms with van der Waals surface area (Å²) in [4.78, 5) is 0. The fraction of sp³-hybridized carbons (Fsp3) is 1.00. The first-order chi connectivity index (χ1) is 7.26. The van der Waals surface area contributed by atoms with Gasteiger partial charge in [0.2, 0.25) is 0 Å². The minimum atomic E-state index is 0.852. The molecule has 4 rings (SSSR count). The summed E-state index contributed by atoms with van der Waals surface area (Å²) in [6.07, 6.45) is 7.58. The van der Waals surface area contributed by atoms with Gasteiger partial charge in [0.05, 0.1) is 0 Å². The van der Waals surface area contributed by atoms with Crippen molar-refractivity contribution in [2.24, 2.45) is 29.1 Å². The summed E-state index contributed by atoms with van der Waals surface area (Å²) in [6.45, 7) is 4.84. The van der Waals surface area contributed by atoms with Crippen molar-refractivity contribution >= 4 is 0 Å². The molecule has 3 aliphatic carbocycles. The predicted octanol–water partition coefficient (Wildman–Crippen LogP) is 2.81. The smallest absolute Gasteiger partial charge is 0.0170 e. The van der Waals surface area contributed by atoms with Gasteiger partial charge in [-0.1, -0.05) is 20.3 Å². The largest absolute Gasteiger partial charge is 0.310 e. The summed E-state index contributed by atoms with van der Waals surface area (Å²) in [5.41, 5.74) is 0.852. The molecule has 0 aromatic heterocycles. The third-order valence-corrected chi connectivity index (χ3v) is 6.38. The summed E-state index contributed by atoms with van der Waals surface area (Å²) in [7, 11) is 0. The average Bonchev–Trinajstić information content (AvgIpc) is 2.93. The summed E-state index contributed by atoms with van der Waals surface area (Å²) in [6, 6.07) is 1.92. The Morgan fingerprint density at radius 2 is 2.20 bits per heavy atom. The van der Waals surface area contributed by atoms with Crippen molar-refractivity contribution in [1.82, 2.24) is 5.32 Å². The molecule has 1 heteroatoms. The minimum absolute atomic E-state index is 0.852. The van der Waals surface area contributed by atoms with Gasteiger partial charge in [0.25, 0.3) is 0 Å². The van der Waals surface area contributed by atoms with E-state index >= 15 is 0 Å². The third kappa shape index (κ3) is 0.988. The average molecular weight is 205 g/mol. The van der Waals surface area contributed by atoms with Gasteiger partial charge in [-0.15, -0.1) is 0 Å². The standard InChI is InChI=1S/C14H23N/c1-3-10-8(2)11(10)6-9-4-5-14-7-12(14)15-13(9)14/h8-13,15H,3-7H2,1-2H3. The maximum Gasteiger partial charge on any atom is 0.0170 e. The Hall–Kier alpha value is -0.0400. The van der Waals surface area contributed by atoms with Gasteiger partial charge in [-0.25, -0.2) is 0 Å². The molecule has 0 aromatic carbocycles. The quantitative estimate of drug-likeness (QED) is 0.747. The van der Waals surface area contributed by atoms with Crippen LogP contribution in [-0.4, -0.2) is 12.1 Å². The third-order valence-electron chi connectivity index (χ3n) is 6.38. The monoisotopic (exact) mass is 205 g/mol. The molecule has 1 saturated heterocycles. The molecule has 1 nitrogen and oxygen atoms in total. The maximum atomic E-state index is 3.80. The summed E-state index contributed by atoms with van der Waals surface area (Å²) < 4.78 is 0. The van der Waals surface area contributed by atoms with Crippen molar-refractivity contribution in [1.29, 1.82) is 0 Å². The zero-order valence-electron chi connectivity index (χ0n) is 10.00. The molecule has 1 spiro atoms. The van der Waals surface area contributed by atoms with E-state index < -0.39 is 0 Å². The Labute approximate surface area is 93.0 Å². The van der Waals surface area contributed by atoms with Crippen molar-refractivity contribution in [3.8, 4) is 0 Å². The van der Waals surface area contributed by atoms with Crippen LogP contribution >= 0.6 is 0 Å². The van der Waals surface area contributed by atoms with E-state index in [9.17, 15) is 0 Å². The van der Waals surface area contributed by atoms with Crippen LogP contribution in [-0.2, 0) is 0 Å². The van der Waals surface area contributed by atoms with Crippen LogP contribution in [0.15, 0.2) is 0 Å². The summed E-state index contributed by atoms with van der Waals surface area (Å²) in [5, 5.41) is 3.80. The molecule has 7 atom stereocenters. The van der Waals surface area contributed by atoms with E-state index in [2.05, 4.69) is 19.2 Å². The normalized spacial score (nSPS) is 64.4. The Balaban J connectivity index is 1.40. The van der Waals surface area contributed by atoms with Crippen LogP contribution < -0.4 is 5.32 Å². The summed E-state index contributed by atoms with van der Waals surface area (Å²) >= 11 is 0. The van der Waals surface area contributed by atoms with E-state index in [0.29, 0.717) is 0 Å². The van der Waals surface area contributed by atoms with Gasteiger partial charge in [0.1, 0.15) is 0 Å². The van der Waals surface area contributed by atoms with Crippen molar-refractivity contribution in [2.45, 2.75) is 58.0 Å². The Bertz CT molecular complexity index is 300. The second-order valence-electron chi connectivity index (χ2n) is 6.76. The lowest BCUT2D eigenvalue weighted by Crippen LogP contribution is -2.52. The van der Waals surface area contributed by atoms with E-state index in [1.807, 2.05) is 0 Å². The lowest BCUT2D eigenvalue weighted by Gasteiger charge is -2.35. The highest BCUT2D eigenvalue weighted by Gasteiger charge is 2.72. The second-order valence-corrected chi connectivity index (χ2v) is 6.76. The van der Waals surface area contributed by atoms with E-state index in [-0.39, 0.29) is 0 Å². The van der Waals surface area contributed by atoms with Crippen LogP contribution in [0.2, 0.25) is 0 Å². The van der Waals surface area contributed by atoms with Gasteiger partial charge in [-0.05, 0) is 49.4 Å². The first kappa shape index (κ1) is 9.04. The molecule has 0 bridgehead atoms. The number of hydrogen-bond acceptors (Lipinski definition) is 1. The van der Waals surface area contributed by atoms with Gasteiger partial charge >= 0.3 is 0 Å². The number of hydrogen-bond donors (Lipinski definition) is 1. The van der Waals surface area contributed by atoms with Crippen LogP contribution in [0, 0.1) is 29.1 Å². The van der Waals surface area contributed by atoms with Gasteiger partial charge in [-0.3, -0.25) is 0 Å². The van der Waals surface area contributed by atoms with Gasteiger partial charge in [-0.2, -0.15) is 0 Å². The SMILES string of the molecule is CCC1C(C)C1CC1CCC23CC2NC13. The molecule has 0 aromatic rings. The molecular formula is C14H23N. The van der Waals surface area contributed by atoms with Crippen LogP contribution in [0.25, 0.3) is 0 Å². The van der Waals surface area contributed by atoms with Crippen molar-refractivity contribution in [2.75, 3.05) is 0 Å². The van der Waals surface area contributed by atoms with E-state index in [1.165, 1.54) is 19.3 Å². The molecule has 0 radical (unpaired) electrons. The maximum absolute atomic E-state index is 3.80. The highest BCUT2D eigenvalue weighted by atomic mass is 15.2. The lowest BCUT2D eigenvalue weighted by atomic mass is 9.85. The molecule has 0 amide bonds. The van der Waals surface area contributed by atoms with Crippen molar-refractivity contribution in [3.63, 3.8) is 0 Å². The van der Waals surface area contributed by atoms with Gasteiger partial charge in [0, 0.05) is 17.5 Å². The fourth-order valence-corrected chi connectivity index (χ4v) is 5.14. The van der Waals surface area contributed by atoms with Gasteiger partial charge < -0.3 is 5.32 Å².